The fraction of sp³-hybridized carbons (Fsp3) is 0.571. The predicted molar refractivity (Wildman–Crippen MR) is 78.5 cm³/mol. The van der Waals surface area contributed by atoms with Crippen molar-refractivity contribution in [2.24, 2.45) is 5.84 Å². The molecule has 0 saturated carbocycles. The summed E-state index contributed by atoms with van der Waals surface area (Å²) < 4.78 is 13.5. The molecule has 3 N–H and O–H groups in total. The number of hydrazine groups is 1. The number of nitrogens with one attached hydrogen (secondary N) is 1. The van der Waals surface area contributed by atoms with E-state index in [0.717, 1.165) is 13.1 Å². The number of hydrogen-bond acceptors (Lipinski definition) is 3. The zero-order valence-electron chi connectivity index (χ0n) is 12.0. The van der Waals surface area contributed by atoms with E-state index in [0.29, 0.717) is 10.6 Å². The second kappa shape index (κ2) is 6.66. The summed E-state index contributed by atoms with van der Waals surface area (Å²) >= 11 is 6.19. The summed E-state index contributed by atoms with van der Waals surface area (Å²) in [5, 5.41) is 0.518. The number of benzene rings is 1. The third kappa shape index (κ3) is 3.45. The second-order valence-electron chi connectivity index (χ2n) is 5.09. The molecule has 0 aromatic heterocycles. The zero-order chi connectivity index (χ0) is 14.6. The Labute approximate surface area is 119 Å². The van der Waals surface area contributed by atoms with Gasteiger partial charge in [-0.25, -0.2) is 4.39 Å². The Morgan fingerprint density at radius 3 is 2.42 bits per heavy atom. The van der Waals surface area contributed by atoms with Crippen molar-refractivity contribution in [2.75, 3.05) is 13.1 Å². The van der Waals surface area contributed by atoms with Gasteiger partial charge in [-0.1, -0.05) is 25.4 Å². The number of halogens is 2. The molecule has 1 unspecified atom stereocenters. The van der Waals surface area contributed by atoms with E-state index in [2.05, 4.69) is 38.0 Å². The Bertz CT molecular complexity index is 419. The van der Waals surface area contributed by atoms with Gasteiger partial charge in [-0.3, -0.25) is 16.2 Å². The highest BCUT2D eigenvalue weighted by Gasteiger charge is 2.35. The van der Waals surface area contributed by atoms with E-state index in [1.54, 1.807) is 6.07 Å². The topological polar surface area (TPSA) is 41.3 Å². The number of nitrogens with two attached hydrogens (primary N) is 1. The van der Waals surface area contributed by atoms with Crippen LogP contribution < -0.4 is 11.3 Å². The Kier molecular flexibility index (Phi) is 5.74. The molecule has 0 fully saturated rings. The van der Waals surface area contributed by atoms with Gasteiger partial charge in [0.25, 0.3) is 0 Å². The number of rotatable bonds is 6. The average molecular weight is 288 g/mol. The van der Waals surface area contributed by atoms with E-state index >= 15 is 0 Å². The van der Waals surface area contributed by atoms with E-state index in [1.807, 2.05) is 0 Å². The fourth-order valence-corrected chi connectivity index (χ4v) is 2.86. The molecule has 0 heterocycles. The first-order chi connectivity index (χ1) is 8.88. The normalized spacial score (nSPS) is 13.9. The zero-order valence-corrected chi connectivity index (χ0v) is 12.8. The molecule has 0 spiro atoms. The maximum absolute atomic E-state index is 13.5. The second-order valence-corrected chi connectivity index (χ2v) is 5.50. The molecule has 0 amide bonds. The summed E-state index contributed by atoms with van der Waals surface area (Å²) in [6.45, 7) is 10.1. The molecule has 0 aliphatic heterocycles. The van der Waals surface area contributed by atoms with Gasteiger partial charge in [0.05, 0.1) is 6.04 Å². The molecule has 108 valence electrons. The number of likely N-dealkylation sites (N-methyl/N-ethyl adjacent to an activating group) is 1. The van der Waals surface area contributed by atoms with Crippen LogP contribution in [0.25, 0.3) is 0 Å². The van der Waals surface area contributed by atoms with Gasteiger partial charge in [0.2, 0.25) is 0 Å². The summed E-state index contributed by atoms with van der Waals surface area (Å²) in [5.74, 6) is 5.39. The molecular weight excluding hydrogens is 265 g/mol. The van der Waals surface area contributed by atoms with Crippen LogP contribution in [0.15, 0.2) is 18.2 Å². The third-order valence-corrected chi connectivity index (χ3v) is 4.06. The standard InChI is InChI=1S/C14H23ClFN3/c1-5-19(6-2)14(3,4)13(18-17)11-9-10(16)7-8-12(11)15/h7-9,13,18H,5-6,17H2,1-4H3. The Balaban J connectivity index is 3.22. The molecule has 0 bridgehead atoms. The summed E-state index contributed by atoms with van der Waals surface area (Å²) in [4.78, 5) is 2.26. The van der Waals surface area contributed by atoms with Crippen LogP contribution in [0.1, 0.15) is 39.3 Å². The van der Waals surface area contributed by atoms with Crippen LogP contribution in [0.2, 0.25) is 5.02 Å². The van der Waals surface area contributed by atoms with Crippen LogP contribution in [-0.2, 0) is 0 Å². The molecule has 5 heteroatoms. The molecule has 3 nitrogen and oxygen atoms in total. The lowest BCUT2D eigenvalue weighted by atomic mass is 9.87. The van der Waals surface area contributed by atoms with Crippen LogP contribution in [-0.4, -0.2) is 23.5 Å². The maximum atomic E-state index is 13.5. The molecule has 0 radical (unpaired) electrons. The van der Waals surface area contributed by atoms with Gasteiger partial charge < -0.3 is 0 Å². The van der Waals surface area contributed by atoms with Crippen molar-refractivity contribution in [2.45, 2.75) is 39.3 Å². The highest BCUT2D eigenvalue weighted by Crippen LogP contribution is 2.34. The van der Waals surface area contributed by atoms with Crippen LogP contribution in [0.5, 0.6) is 0 Å². The molecule has 1 aromatic rings. The lowest BCUT2D eigenvalue weighted by Crippen LogP contribution is -2.54. The van der Waals surface area contributed by atoms with Gasteiger partial charge in [-0.2, -0.15) is 0 Å². The number of nitrogens with zero attached hydrogens (tertiary/aromatic N) is 1. The Hall–Kier alpha value is -0.680. The van der Waals surface area contributed by atoms with Gasteiger partial charge in [0, 0.05) is 10.6 Å². The summed E-state index contributed by atoms with van der Waals surface area (Å²) in [7, 11) is 0. The lowest BCUT2D eigenvalue weighted by molar-refractivity contribution is 0.0912. The summed E-state index contributed by atoms with van der Waals surface area (Å²) in [6.07, 6.45) is 0. The first kappa shape index (κ1) is 16.4. The van der Waals surface area contributed by atoms with Gasteiger partial charge in [-0.05, 0) is 50.7 Å². The highest BCUT2D eigenvalue weighted by atomic mass is 35.5. The van der Waals surface area contributed by atoms with Gasteiger partial charge in [0.1, 0.15) is 5.82 Å². The smallest absolute Gasteiger partial charge is 0.123 e. The molecule has 0 aliphatic carbocycles. The first-order valence-electron chi connectivity index (χ1n) is 6.54. The predicted octanol–water partition coefficient (Wildman–Crippen LogP) is 3.10. The average Bonchev–Trinajstić information content (AvgIpc) is 2.35. The van der Waals surface area contributed by atoms with Gasteiger partial charge >= 0.3 is 0 Å². The minimum Gasteiger partial charge on any atom is -0.297 e. The van der Waals surface area contributed by atoms with Crippen molar-refractivity contribution in [1.82, 2.24) is 10.3 Å². The van der Waals surface area contributed by atoms with Gasteiger partial charge in [-0.15, -0.1) is 0 Å². The number of hydrogen-bond donors (Lipinski definition) is 2. The molecule has 1 aromatic carbocycles. The van der Waals surface area contributed by atoms with Crippen LogP contribution in [0.3, 0.4) is 0 Å². The molecule has 0 aliphatic rings. The Morgan fingerprint density at radius 1 is 1.37 bits per heavy atom. The largest absolute Gasteiger partial charge is 0.297 e. The maximum Gasteiger partial charge on any atom is 0.123 e. The Morgan fingerprint density at radius 2 is 1.95 bits per heavy atom. The molecule has 1 atom stereocenters. The monoisotopic (exact) mass is 287 g/mol. The van der Waals surface area contributed by atoms with E-state index in [4.69, 9.17) is 17.4 Å². The van der Waals surface area contributed by atoms with Crippen molar-refractivity contribution in [3.63, 3.8) is 0 Å². The van der Waals surface area contributed by atoms with Crippen molar-refractivity contribution in [1.29, 1.82) is 0 Å². The van der Waals surface area contributed by atoms with Crippen molar-refractivity contribution in [3.8, 4) is 0 Å². The summed E-state index contributed by atoms with van der Waals surface area (Å²) in [6, 6.07) is 4.10. The minimum atomic E-state index is -0.310. The van der Waals surface area contributed by atoms with E-state index < -0.39 is 0 Å². The molecule has 19 heavy (non-hydrogen) atoms. The van der Waals surface area contributed by atoms with Crippen LogP contribution >= 0.6 is 11.6 Å². The van der Waals surface area contributed by atoms with Crippen LogP contribution in [0, 0.1) is 5.82 Å². The molecule has 1 rings (SSSR count). The first-order valence-corrected chi connectivity index (χ1v) is 6.92. The third-order valence-electron chi connectivity index (χ3n) is 3.72. The quantitative estimate of drug-likeness (QED) is 0.624. The minimum absolute atomic E-state index is 0.254. The highest BCUT2D eigenvalue weighted by molar-refractivity contribution is 6.31. The van der Waals surface area contributed by atoms with Gasteiger partial charge in [0.15, 0.2) is 0 Å². The molecule has 0 saturated heterocycles. The van der Waals surface area contributed by atoms with Crippen LogP contribution in [0.4, 0.5) is 4.39 Å². The fourth-order valence-electron chi connectivity index (χ4n) is 2.63. The SMILES string of the molecule is CCN(CC)C(C)(C)C(NN)c1cc(F)ccc1Cl. The van der Waals surface area contributed by atoms with E-state index in [-0.39, 0.29) is 17.4 Å². The van der Waals surface area contributed by atoms with Crippen molar-refractivity contribution in [3.05, 3.63) is 34.6 Å². The summed E-state index contributed by atoms with van der Waals surface area (Å²) in [5.41, 5.74) is 3.18. The molecular formula is C14H23ClFN3. The van der Waals surface area contributed by atoms with E-state index in [1.165, 1.54) is 12.1 Å². The van der Waals surface area contributed by atoms with Crippen molar-refractivity contribution >= 4 is 11.6 Å². The van der Waals surface area contributed by atoms with Crippen molar-refractivity contribution < 1.29 is 4.39 Å². The lowest BCUT2D eigenvalue weighted by Gasteiger charge is -2.43. The van der Waals surface area contributed by atoms with E-state index in [9.17, 15) is 4.39 Å².